The molecule has 0 radical (unpaired) electrons. The molecule has 6 heteroatoms. The zero-order chi connectivity index (χ0) is 21.2. The third-order valence-electron chi connectivity index (χ3n) is 6.51. The largest absolute Gasteiger partial charge is 0.494 e. The fourth-order valence-corrected chi connectivity index (χ4v) is 4.91. The molecule has 1 N–H and O–H groups in total. The maximum Gasteiger partial charge on any atom is 0.254 e. The van der Waals surface area contributed by atoms with E-state index in [1.807, 2.05) is 24.3 Å². The van der Waals surface area contributed by atoms with Crippen LogP contribution in [0.25, 0.3) is 5.69 Å². The van der Waals surface area contributed by atoms with Gasteiger partial charge in [0, 0.05) is 24.8 Å². The highest BCUT2D eigenvalue weighted by Gasteiger charge is 2.31. The highest BCUT2D eigenvalue weighted by Crippen LogP contribution is 2.27. The van der Waals surface area contributed by atoms with Crippen molar-refractivity contribution < 1.29 is 9.53 Å². The van der Waals surface area contributed by atoms with Crippen molar-refractivity contribution in [1.29, 1.82) is 0 Å². The summed E-state index contributed by atoms with van der Waals surface area (Å²) < 4.78 is 7.10. The number of piperidine rings is 1. The van der Waals surface area contributed by atoms with Crippen molar-refractivity contribution in [2.24, 2.45) is 0 Å². The van der Waals surface area contributed by atoms with Crippen LogP contribution in [0, 0.1) is 0 Å². The van der Waals surface area contributed by atoms with E-state index >= 15 is 0 Å². The molecule has 31 heavy (non-hydrogen) atoms. The van der Waals surface area contributed by atoms with Gasteiger partial charge in [-0.2, -0.15) is 5.10 Å². The van der Waals surface area contributed by atoms with Gasteiger partial charge in [-0.05, 0) is 55.5 Å². The van der Waals surface area contributed by atoms with Crippen molar-refractivity contribution in [3.8, 4) is 11.4 Å². The summed E-state index contributed by atoms with van der Waals surface area (Å²) in [4.78, 5) is 15.5. The maximum atomic E-state index is 12.9. The summed E-state index contributed by atoms with van der Waals surface area (Å²) in [6.07, 6.45) is 7.74. The molecule has 1 aliphatic carbocycles. The number of methoxy groups -OCH3 is 1. The first-order valence-electron chi connectivity index (χ1n) is 11.0. The minimum Gasteiger partial charge on any atom is -0.494 e. The van der Waals surface area contributed by atoms with Gasteiger partial charge in [-0.15, -0.1) is 0 Å². The van der Waals surface area contributed by atoms with Crippen molar-refractivity contribution in [2.75, 3.05) is 20.2 Å². The Labute approximate surface area is 182 Å². The number of benzene rings is 2. The van der Waals surface area contributed by atoms with E-state index in [4.69, 9.17) is 4.74 Å². The first-order valence-corrected chi connectivity index (χ1v) is 11.0. The van der Waals surface area contributed by atoms with Crippen molar-refractivity contribution in [3.05, 3.63) is 77.6 Å². The number of para-hydroxylation sites is 2. The number of aromatic nitrogens is 2. The first kappa shape index (κ1) is 19.8. The highest BCUT2D eigenvalue weighted by molar-refractivity contribution is 5.94. The van der Waals surface area contributed by atoms with E-state index in [0.717, 1.165) is 50.2 Å². The number of hydrogen-bond acceptors (Lipinski definition) is 4. The Balaban J connectivity index is 1.22. The lowest BCUT2D eigenvalue weighted by atomic mass is 10.0. The minimum absolute atomic E-state index is 0.0669. The van der Waals surface area contributed by atoms with E-state index in [-0.39, 0.29) is 11.9 Å². The zero-order valence-corrected chi connectivity index (χ0v) is 17.8. The maximum absolute atomic E-state index is 12.9. The van der Waals surface area contributed by atoms with Crippen LogP contribution in [-0.2, 0) is 12.8 Å². The van der Waals surface area contributed by atoms with Crippen LogP contribution in [-0.4, -0.2) is 52.9 Å². The Morgan fingerprint density at radius 2 is 1.84 bits per heavy atom. The lowest BCUT2D eigenvalue weighted by Crippen LogP contribution is -2.51. The Hall–Kier alpha value is -3.12. The second-order valence-corrected chi connectivity index (χ2v) is 8.48. The van der Waals surface area contributed by atoms with Gasteiger partial charge in [0.05, 0.1) is 18.9 Å². The fourth-order valence-electron chi connectivity index (χ4n) is 4.91. The molecule has 1 aliphatic heterocycles. The number of nitrogens with zero attached hydrogens (tertiary/aromatic N) is 3. The quantitative estimate of drug-likeness (QED) is 0.694. The number of carbonyl (C=O) groups excluding carboxylic acids is 1. The average molecular weight is 417 g/mol. The molecule has 1 aromatic heterocycles. The van der Waals surface area contributed by atoms with Gasteiger partial charge < -0.3 is 10.1 Å². The number of fused-ring (bicyclic) bond motifs is 1. The summed E-state index contributed by atoms with van der Waals surface area (Å²) in [5, 5.41) is 7.61. The summed E-state index contributed by atoms with van der Waals surface area (Å²) in [5.74, 6) is 0.653. The van der Waals surface area contributed by atoms with E-state index in [0.29, 0.717) is 11.6 Å². The Bertz CT molecular complexity index is 1050. The summed E-state index contributed by atoms with van der Waals surface area (Å²) in [6.45, 7) is 2.02. The monoisotopic (exact) mass is 416 g/mol. The second kappa shape index (κ2) is 8.55. The number of hydrogen-bond donors (Lipinski definition) is 1. The van der Waals surface area contributed by atoms with Crippen LogP contribution in [0.3, 0.4) is 0 Å². The molecule has 1 atom stereocenters. The van der Waals surface area contributed by atoms with Crippen molar-refractivity contribution in [3.63, 3.8) is 0 Å². The SMILES string of the molecule is COc1ccccc1-n1cc(C(=O)NC2CCCN(C3Cc4ccccc4C3)C2)cn1. The lowest BCUT2D eigenvalue weighted by molar-refractivity contribution is 0.0876. The number of nitrogens with one attached hydrogen (secondary N) is 1. The van der Waals surface area contributed by atoms with Crippen LogP contribution in [0.5, 0.6) is 5.75 Å². The molecule has 160 valence electrons. The van der Waals surface area contributed by atoms with Gasteiger partial charge in [-0.3, -0.25) is 9.69 Å². The smallest absolute Gasteiger partial charge is 0.254 e. The molecule has 6 nitrogen and oxygen atoms in total. The molecule has 1 saturated heterocycles. The third kappa shape index (κ3) is 4.08. The molecule has 5 rings (SSSR count). The molecule has 0 spiro atoms. The van der Waals surface area contributed by atoms with Crippen LogP contribution < -0.4 is 10.1 Å². The summed E-state index contributed by atoms with van der Waals surface area (Å²) in [5.41, 5.74) is 4.33. The van der Waals surface area contributed by atoms with E-state index in [1.165, 1.54) is 11.1 Å². The number of ether oxygens (including phenoxy) is 1. The van der Waals surface area contributed by atoms with Gasteiger partial charge in [-0.1, -0.05) is 36.4 Å². The Kier molecular flexibility index (Phi) is 5.47. The van der Waals surface area contributed by atoms with Crippen LogP contribution in [0.15, 0.2) is 60.9 Å². The predicted molar refractivity (Wildman–Crippen MR) is 120 cm³/mol. The average Bonchev–Trinajstić information content (AvgIpc) is 3.47. The number of amides is 1. The molecule has 1 amide bonds. The second-order valence-electron chi connectivity index (χ2n) is 8.48. The molecule has 0 saturated carbocycles. The van der Waals surface area contributed by atoms with Crippen LogP contribution in [0.2, 0.25) is 0 Å². The Morgan fingerprint density at radius 1 is 1.10 bits per heavy atom. The van der Waals surface area contributed by atoms with Gasteiger partial charge >= 0.3 is 0 Å². The van der Waals surface area contributed by atoms with Gasteiger partial charge in [0.2, 0.25) is 0 Å². The molecule has 2 heterocycles. The lowest BCUT2D eigenvalue weighted by Gasteiger charge is -2.37. The molecule has 0 bridgehead atoms. The molecular formula is C25H28N4O2. The van der Waals surface area contributed by atoms with E-state index in [1.54, 1.807) is 24.2 Å². The third-order valence-corrected chi connectivity index (χ3v) is 6.51. The standard InChI is InChI=1S/C25H28N4O2/c1-31-24-11-5-4-10-23(24)29-16-20(15-26-29)25(30)27-21-9-6-12-28(17-21)22-13-18-7-2-3-8-19(18)14-22/h2-5,7-8,10-11,15-16,21-22H,6,9,12-14,17H2,1H3,(H,27,30). The molecule has 1 fully saturated rings. The van der Waals surface area contributed by atoms with Crippen LogP contribution in [0.4, 0.5) is 0 Å². The van der Waals surface area contributed by atoms with Gasteiger partial charge in [-0.25, -0.2) is 4.68 Å². The van der Waals surface area contributed by atoms with E-state index in [2.05, 4.69) is 39.6 Å². The molecular weight excluding hydrogens is 388 g/mol. The van der Waals surface area contributed by atoms with Crippen molar-refractivity contribution in [1.82, 2.24) is 20.0 Å². The summed E-state index contributed by atoms with van der Waals surface area (Å²) in [6, 6.07) is 17.1. The molecule has 1 unspecified atom stereocenters. The number of likely N-dealkylation sites (tertiary alicyclic amines) is 1. The number of carbonyl (C=O) groups is 1. The van der Waals surface area contributed by atoms with Crippen LogP contribution in [0.1, 0.15) is 34.3 Å². The Morgan fingerprint density at radius 3 is 2.61 bits per heavy atom. The van der Waals surface area contributed by atoms with Gasteiger partial charge in [0.15, 0.2) is 0 Å². The van der Waals surface area contributed by atoms with Crippen molar-refractivity contribution >= 4 is 5.91 Å². The number of rotatable bonds is 5. The van der Waals surface area contributed by atoms with E-state index in [9.17, 15) is 4.79 Å². The van der Waals surface area contributed by atoms with Crippen LogP contribution >= 0.6 is 0 Å². The normalized spacial score (nSPS) is 19.2. The summed E-state index contributed by atoms with van der Waals surface area (Å²) in [7, 11) is 1.63. The summed E-state index contributed by atoms with van der Waals surface area (Å²) >= 11 is 0. The molecule has 2 aliphatic rings. The first-order chi connectivity index (χ1) is 15.2. The zero-order valence-electron chi connectivity index (χ0n) is 17.8. The minimum atomic E-state index is -0.0669. The van der Waals surface area contributed by atoms with E-state index < -0.39 is 0 Å². The highest BCUT2D eigenvalue weighted by atomic mass is 16.5. The fraction of sp³-hybridized carbons (Fsp3) is 0.360. The molecule has 3 aromatic rings. The van der Waals surface area contributed by atoms with Gasteiger partial charge in [0.1, 0.15) is 11.4 Å². The predicted octanol–water partition coefficient (Wildman–Crippen LogP) is 3.24. The topological polar surface area (TPSA) is 59.4 Å². The van der Waals surface area contributed by atoms with Gasteiger partial charge in [0.25, 0.3) is 5.91 Å². The molecule has 2 aromatic carbocycles. The van der Waals surface area contributed by atoms with Crippen molar-refractivity contribution in [2.45, 2.75) is 37.8 Å².